The Morgan fingerprint density at radius 3 is 2.17 bits per heavy atom. The zero-order valence-corrected chi connectivity index (χ0v) is 11.9. The molecule has 1 heterocycles. The SMILES string of the molecule is COC(=O)Cn1nc(OCC(F)(F)F)c(OCC(F)(F)F)cc1=O. The molecule has 0 unspecified atom stereocenters. The first kappa shape index (κ1) is 19.6. The number of carbonyl (C=O) groups excluding carboxylic acids is 1. The molecule has 0 aliphatic carbocycles. The van der Waals surface area contributed by atoms with Gasteiger partial charge in [-0.1, -0.05) is 0 Å². The van der Waals surface area contributed by atoms with Crippen molar-refractivity contribution in [3.63, 3.8) is 0 Å². The Bertz CT molecular complexity index is 639. The fourth-order valence-corrected chi connectivity index (χ4v) is 1.27. The van der Waals surface area contributed by atoms with Gasteiger partial charge in [-0.3, -0.25) is 9.59 Å². The Morgan fingerprint density at radius 1 is 1.12 bits per heavy atom. The first-order valence-electron chi connectivity index (χ1n) is 5.99. The van der Waals surface area contributed by atoms with E-state index >= 15 is 0 Å². The Balaban J connectivity index is 3.12. The molecule has 0 N–H and O–H groups in total. The monoisotopic (exact) mass is 364 g/mol. The summed E-state index contributed by atoms with van der Waals surface area (Å²) in [5, 5.41) is 3.25. The number of rotatable bonds is 6. The normalized spacial score (nSPS) is 12.0. The highest BCUT2D eigenvalue weighted by Gasteiger charge is 2.32. The minimum absolute atomic E-state index is 0.359. The summed E-state index contributed by atoms with van der Waals surface area (Å²) in [6, 6.07) is 0.424. The van der Waals surface area contributed by atoms with Gasteiger partial charge in [0.15, 0.2) is 19.0 Å². The number of esters is 1. The summed E-state index contributed by atoms with van der Waals surface area (Å²) in [5.74, 6) is -2.93. The summed E-state index contributed by atoms with van der Waals surface area (Å²) in [6.45, 7) is -4.55. The molecular formula is C11H10F6N2O5. The molecule has 7 nitrogen and oxygen atoms in total. The minimum Gasteiger partial charge on any atom is -0.478 e. The molecule has 0 radical (unpaired) electrons. The van der Waals surface area contributed by atoms with Crippen LogP contribution in [-0.4, -0.2) is 48.4 Å². The third-order valence-corrected chi connectivity index (χ3v) is 2.20. The number of halogens is 6. The number of hydrogen-bond donors (Lipinski definition) is 0. The third-order valence-electron chi connectivity index (χ3n) is 2.20. The van der Waals surface area contributed by atoms with Gasteiger partial charge < -0.3 is 14.2 Å². The third kappa shape index (κ3) is 6.75. The maximum absolute atomic E-state index is 12.2. The largest absolute Gasteiger partial charge is 0.478 e. The maximum Gasteiger partial charge on any atom is 0.422 e. The number of hydrogen-bond acceptors (Lipinski definition) is 6. The van der Waals surface area contributed by atoms with E-state index in [1.54, 1.807) is 0 Å². The van der Waals surface area contributed by atoms with E-state index in [1.807, 2.05) is 0 Å². The van der Waals surface area contributed by atoms with E-state index in [9.17, 15) is 35.9 Å². The van der Waals surface area contributed by atoms with Crippen molar-refractivity contribution < 1.29 is 45.3 Å². The smallest absolute Gasteiger partial charge is 0.422 e. The molecule has 1 rings (SSSR count). The van der Waals surface area contributed by atoms with E-state index in [1.165, 1.54) is 0 Å². The molecule has 0 saturated carbocycles. The van der Waals surface area contributed by atoms with Gasteiger partial charge >= 0.3 is 18.3 Å². The number of methoxy groups -OCH3 is 1. The van der Waals surface area contributed by atoms with Gasteiger partial charge in [-0.25, -0.2) is 4.68 Å². The second-order valence-electron chi connectivity index (χ2n) is 4.19. The fourth-order valence-electron chi connectivity index (χ4n) is 1.27. The Labute approximate surface area is 129 Å². The molecule has 0 atom stereocenters. The van der Waals surface area contributed by atoms with Gasteiger partial charge in [0.25, 0.3) is 11.4 Å². The van der Waals surface area contributed by atoms with Crippen molar-refractivity contribution in [3.05, 3.63) is 16.4 Å². The number of carbonyl (C=O) groups is 1. The van der Waals surface area contributed by atoms with Crippen LogP contribution >= 0.6 is 0 Å². The van der Waals surface area contributed by atoms with Gasteiger partial charge in [0.1, 0.15) is 6.54 Å². The molecule has 13 heteroatoms. The molecular weight excluding hydrogens is 354 g/mol. The van der Waals surface area contributed by atoms with E-state index in [2.05, 4.69) is 19.3 Å². The Hall–Kier alpha value is -2.47. The van der Waals surface area contributed by atoms with Gasteiger partial charge in [-0.05, 0) is 0 Å². The van der Waals surface area contributed by atoms with Gasteiger partial charge in [-0.2, -0.15) is 26.3 Å². The second-order valence-corrected chi connectivity index (χ2v) is 4.19. The zero-order chi connectivity index (χ0) is 18.5. The highest BCUT2D eigenvalue weighted by Crippen LogP contribution is 2.26. The number of ether oxygens (including phenoxy) is 3. The topological polar surface area (TPSA) is 79.7 Å². The van der Waals surface area contributed by atoms with E-state index in [0.717, 1.165) is 7.11 Å². The second kappa shape index (κ2) is 7.40. The van der Waals surface area contributed by atoms with Crippen LogP contribution in [0.4, 0.5) is 26.3 Å². The molecule has 136 valence electrons. The number of nitrogens with zero attached hydrogens (tertiary/aromatic N) is 2. The van der Waals surface area contributed by atoms with Gasteiger partial charge in [0.2, 0.25) is 0 Å². The summed E-state index contributed by atoms with van der Waals surface area (Å²) in [4.78, 5) is 22.7. The average molecular weight is 364 g/mol. The fraction of sp³-hybridized carbons (Fsp3) is 0.545. The first-order chi connectivity index (χ1) is 10.9. The highest BCUT2D eigenvalue weighted by molar-refractivity contribution is 5.68. The zero-order valence-electron chi connectivity index (χ0n) is 11.9. The van der Waals surface area contributed by atoms with Crippen LogP contribution in [0.5, 0.6) is 11.6 Å². The minimum atomic E-state index is -4.81. The molecule has 0 fully saturated rings. The van der Waals surface area contributed by atoms with E-state index in [0.29, 0.717) is 10.7 Å². The van der Waals surface area contributed by atoms with Crippen LogP contribution in [0.25, 0.3) is 0 Å². The summed E-state index contributed by atoms with van der Waals surface area (Å²) >= 11 is 0. The van der Waals surface area contributed by atoms with Crippen LogP contribution in [0.3, 0.4) is 0 Å². The predicted octanol–water partition coefficient (Wildman–Crippen LogP) is 1.30. The van der Waals surface area contributed by atoms with E-state index in [-0.39, 0.29) is 0 Å². The number of aromatic nitrogens is 2. The molecule has 0 spiro atoms. The van der Waals surface area contributed by atoms with Crippen LogP contribution in [0, 0.1) is 0 Å². The van der Waals surface area contributed by atoms with Crippen molar-refractivity contribution in [3.8, 4) is 11.6 Å². The molecule has 0 aliphatic heterocycles. The van der Waals surface area contributed by atoms with Gasteiger partial charge in [0, 0.05) is 0 Å². The highest BCUT2D eigenvalue weighted by atomic mass is 19.4. The predicted molar refractivity (Wildman–Crippen MR) is 63.6 cm³/mol. The van der Waals surface area contributed by atoms with Crippen LogP contribution in [0.1, 0.15) is 0 Å². The average Bonchev–Trinajstić information content (AvgIpc) is 2.44. The van der Waals surface area contributed by atoms with Crippen molar-refractivity contribution in [2.45, 2.75) is 18.9 Å². The molecule has 1 aromatic rings. The molecule has 0 saturated heterocycles. The van der Waals surface area contributed by atoms with Crippen molar-refractivity contribution >= 4 is 5.97 Å². The maximum atomic E-state index is 12.2. The lowest BCUT2D eigenvalue weighted by Gasteiger charge is -2.15. The Morgan fingerprint density at radius 2 is 1.67 bits per heavy atom. The van der Waals surface area contributed by atoms with Gasteiger partial charge in [0.05, 0.1) is 13.2 Å². The standard InChI is InChI=1S/C11H10F6N2O5/c1-22-8(21)3-19-7(20)2-6(23-4-10(12,13)14)9(18-19)24-5-11(15,16)17/h2H,3-5H2,1H3. The van der Waals surface area contributed by atoms with E-state index in [4.69, 9.17) is 0 Å². The van der Waals surface area contributed by atoms with Crippen molar-refractivity contribution in [2.75, 3.05) is 20.3 Å². The molecule has 1 aromatic heterocycles. The lowest BCUT2D eigenvalue weighted by Crippen LogP contribution is -2.29. The lowest BCUT2D eigenvalue weighted by atomic mass is 10.4. The molecule has 0 aromatic carbocycles. The van der Waals surface area contributed by atoms with Crippen molar-refractivity contribution in [1.82, 2.24) is 9.78 Å². The molecule has 0 amide bonds. The molecule has 24 heavy (non-hydrogen) atoms. The van der Waals surface area contributed by atoms with E-state index < -0.39 is 55.3 Å². The lowest BCUT2D eigenvalue weighted by molar-refractivity contribution is -0.159. The van der Waals surface area contributed by atoms with Crippen LogP contribution in [0.2, 0.25) is 0 Å². The summed E-state index contributed by atoms with van der Waals surface area (Å²) in [6.07, 6.45) is -9.62. The first-order valence-corrected chi connectivity index (χ1v) is 5.99. The molecule has 0 bridgehead atoms. The van der Waals surface area contributed by atoms with Crippen molar-refractivity contribution in [1.29, 1.82) is 0 Å². The summed E-state index contributed by atoms with van der Waals surface area (Å²) < 4.78 is 86.0. The number of alkyl halides is 6. The summed E-state index contributed by atoms with van der Waals surface area (Å²) in [5.41, 5.74) is -1.10. The van der Waals surface area contributed by atoms with Crippen LogP contribution in [0.15, 0.2) is 10.9 Å². The quantitative estimate of drug-likeness (QED) is 0.559. The summed E-state index contributed by atoms with van der Waals surface area (Å²) in [7, 11) is 0.981. The van der Waals surface area contributed by atoms with Crippen LogP contribution in [-0.2, 0) is 16.1 Å². The molecule has 0 aliphatic rings. The van der Waals surface area contributed by atoms with Gasteiger partial charge in [-0.15, -0.1) is 5.10 Å². The van der Waals surface area contributed by atoms with Crippen molar-refractivity contribution in [2.24, 2.45) is 0 Å². The Kier molecular flexibility index (Phi) is 6.04. The van der Waals surface area contributed by atoms with Crippen LogP contribution < -0.4 is 15.0 Å².